The van der Waals surface area contributed by atoms with Crippen molar-refractivity contribution in [2.45, 2.75) is 38.3 Å². The molecule has 0 fully saturated rings. The van der Waals surface area contributed by atoms with Crippen molar-refractivity contribution in [2.24, 2.45) is 0 Å². The van der Waals surface area contributed by atoms with E-state index in [0.717, 1.165) is 22.2 Å². The molecule has 0 aromatic heterocycles. The second kappa shape index (κ2) is 9.55. The van der Waals surface area contributed by atoms with Crippen molar-refractivity contribution < 1.29 is 5.11 Å². The highest BCUT2D eigenvalue weighted by molar-refractivity contribution is 6.30. The zero-order chi connectivity index (χ0) is 21.8. The topological polar surface area (TPSA) is 32.3 Å². The maximum Gasteiger partial charge on any atom is 0.0813 e. The molecule has 0 heterocycles. The lowest BCUT2D eigenvalue weighted by molar-refractivity contribution is 0.161. The van der Waals surface area contributed by atoms with Gasteiger partial charge in [-0.15, -0.1) is 0 Å². The molecule has 0 aliphatic carbocycles. The van der Waals surface area contributed by atoms with E-state index in [1.54, 1.807) is 0 Å². The Balaban J connectivity index is 1.61. The first-order valence-corrected chi connectivity index (χ1v) is 11.2. The zero-order valence-electron chi connectivity index (χ0n) is 17.9. The Morgan fingerprint density at radius 3 is 2.03 bits per heavy atom. The average molecular weight is 430 g/mol. The molecule has 4 rings (SSSR count). The van der Waals surface area contributed by atoms with Gasteiger partial charge in [0, 0.05) is 17.1 Å². The molecular formula is C28H28ClNO. The molecule has 4 aromatic carbocycles. The van der Waals surface area contributed by atoms with Gasteiger partial charge in [-0.1, -0.05) is 86.1 Å². The van der Waals surface area contributed by atoms with Crippen LogP contribution in [0.4, 0.5) is 5.69 Å². The second-order valence-corrected chi connectivity index (χ2v) is 8.82. The predicted molar refractivity (Wildman–Crippen MR) is 132 cm³/mol. The van der Waals surface area contributed by atoms with Crippen LogP contribution in [0.15, 0.2) is 91.0 Å². The normalized spacial score (nSPS) is 13.3. The predicted octanol–water partition coefficient (Wildman–Crippen LogP) is 7.89. The molecule has 31 heavy (non-hydrogen) atoms. The van der Waals surface area contributed by atoms with Gasteiger partial charge >= 0.3 is 0 Å². The lowest BCUT2D eigenvalue weighted by Crippen LogP contribution is -2.15. The molecule has 3 heteroatoms. The number of rotatable bonds is 7. The molecule has 4 aromatic rings. The first-order valence-electron chi connectivity index (χ1n) is 10.8. The minimum atomic E-state index is -0.584. The number of nitrogens with one attached hydrogen (secondary N) is 1. The molecule has 2 unspecified atom stereocenters. The van der Waals surface area contributed by atoms with Gasteiger partial charge in [-0.3, -0.25) is 0 Å². The number of hydrogen-bond donors (Lipinski definition) is 2. The number of benzene rings is 4. The van der Waals surface area contributed by atoms with Crippen LogP contribution in [0.5, 0.6) is 0 Å². The van der Waals surface area contributed by atoms with Crippen molar-refractivity contribution >= 4 is 28.1 Å². The van der Waals surface area contributed by atoms with E-state index >= 15 is 0 Å². The minimum absolute atomic E-state index is 0.0381. The number of hydrogen-bond acceptors (Lipinski definition) is 2. The molecule has 0 saturated carbocycles. The molecule has 0 radical (unpaired) electrons. The van der Waals surface area contributed by atoms with E-state index in [-0.39, 0.29) is 6.04 Å². The molecule has 0 saturated heterocycles. The highest BCUT2D eigenvalue weighted by Crippen LogP contribution is 2.32. The standard InChI is InChI=1S/C28H28ClNO/c1-19(2)20-7-10-22(11-8-20)27(30-26-15-13-25(29)14-16-26)18-28(31)24-12-9-21-5-3-4-6-23(21)17-24/h3-17,19,27-28,30-31H,18H2,1-2H3. The van der Waals surface area contributed by atoms with Gasteiger partial charge in [0.2, 0.25) is 0 Å². The highest BCUT2D eigenvalue weighted by Gasteiger charge is 2.19. The first kappa shape index (κ1) is 21.4. The van der Waals surface area contributed by atoms with E-state index in [0.29, 0.717) is 17.4 Å². The summed E-state index contributed by atoms with van der Waals surface area (Å²) in [5.41, 5.74) is 4.37. The Bertz CT molecular complexity index is 1140. The van der Waals surface area contributed by atoms with Crippen LogP contribution in [0.25, 0.3) is 10.8 Å². The van der Waals surface area contributed by atoms with Crippen molar-refractivity contribution in [1.82, 2.24) is 0 Å². The Morgan fingerprint density at radius 1 is 0.742 bits per heavy atom. The largest absolute Gasteiger partial charge is 0.388 e. The van der Waals surface area contributed by atoms with Gasteiger partial charge in [0.25, 0.3) is 0 Å². The highest BCUT2D eigenvalue weighted by atomic mass is 35.5. The Morgan fingerprint density at radius 2 is 1.35 bits per heavy atom. The maximum absolute atomic E-state index is 11.1. The summed E-state index contributed by atoms with van der Waals surface area (Å²) in [5, 5.41) is 17.7. The summed E-state index contributed by atoms with van der Waals surface area (Å²) in [7, 11) is 0. The average Bonchev–Trinajstić information content (AvgIpc) is 2.79. The fourth-order valence-corrected chi connectivity index (χ4v) is 4.04. The van der Waals surface area contributed by atoms with E-state index in [4.69, 9.17) is 11.6 Å². The third-order valence-electron chi connectivity index (χ3n) is 5.81. The molecule has 158 valence electrons. The second-order valence-electron chi connectivity index (χ2n) is 8.38. The number of aliphatic hydroxyl groups is 1. The fraction of sp³-hybridized carbons (Fsp3) is 0.214. The summed E-state index contributed by atoms with van der Waals surface area (Å²) in [5.74, 6) is 0.486. The number of fused-ring (bicyclic) bond motifs is 1. The van der Waals surface area contributed by atoms with Crippen molar-refractivity contribution in [3.8, 4) is 0 Å². The number of aliphatic hydroxyl groups excluding tert-OH is 1. The smallest absolute Gasteiger partial charge is 0.0813 e. The molecule has 2 N–H and O–H groups in total. The monoisotopic (exact) mass is 429 g/mol. The van der Waals surface area contributed by atoms with Crippen molar-refractivity contribution in [2.75, 3.05) is 5.32 Å². The Hall–Kier alpha value is -2.81. The molecule has 0 bridgehead atoms. The van der Waals surface area contributed by atoms with E-state index in [2.05, 4.69) is 67.7 Å². The molecule has 0 aliphatic rings. The minimum Gasteiger partial charge on any atom is -0.388 e. The van der Waals surface area contributed by atoms with Gasteiger partial charge in [0.1, 0.15) is 0 Å². The van der Waals surface area contributed by atoms with E-state index in [1.165, 1.54) is 10.9 Å². The summed E-state index contributed by atoms with van der Waals surface area (Å²) in [6, 6.07) is 30.8. The van der Waals surface area contributed by atoms with Gasteiger partial charge < -0.3 is 10.4 Å². The molecular weight excluding hydrogens is 402 g/mol. The quantitative estimate of drug-likeness (QED) is 0.313. The molecule has 2 atom stereocenters. The summed E-state index contributed by atoms with van der Waals surface area (Å²) < 4.78 is 0. The van der Waals surface area contributed by atoms with Gasteiger partial charge in [-0.2, -0.15) is 0 Å². The fourth-order valence-electron chi connectivity index (χ4n) is 3.91. The van der Waals surface area contributed by atoms with E-state index < -0.39 is 6.10 Å². The van der Waals surface area contributed by atoms with Crippen LogP contribution < -0.4 is 5.32 Å². The molecule has 0 spiro atoms. The van der Waals surface area contributed by atoms with Crippen molar-refractivity contribution in [3.05, 3.63) is 113 Å². The number of halogens is 1. The van der Waals surface area contributed by atoms with Crippen molar-refractivity contribution in [3.63, 3.8) is 0 Å². The van der Waals surface area contributed by atoms with Gasteiger partial charge in [-0.25, -0.2) is 0 Å². The van der Waals surface area contributed by atoms with Gasteiger partial charge in [0.05, 0.1) is 12.1 Å². The zero-order valence-corrected chi connectivity index (χ0v) is 18.7. The lowest BCUT2D eigenvalue weighted by Gasteiger charge is -2.24. The van der Waals surface area contributed by atoms with Crippen LogP contribution >= 0.6 is 11.6 Å². The molecule has 2 nitrogen and oxygen atoms in total. The molecule has 0 aliphatic heterocycles. The summed E-state index contributed by atoms with van der Waals surface area (Å²) in [6.07, 6.45) is -0.0266. The molecule has 0 amide bonds. The van der Waals surface area contributed by atoms with Crippen LogP contribution in [0.2, 0.25) is 5.02 Å². The summed E-state index contributed by atoms with van der Waals surface area (Å²) in [4.78, 5) is 0. The number of anilines is 1. The van der Waals surface area contributed by atoms with Crippen LogP contribution in [0.1, 0.15) is 55.0 Å². The van der Waals surface area contributed by atoms with Crippen molar-refractivity contribution in [1.29, 1.82) is 0 Å². The van der Waals surface area contributed by atoms with Crippen LogP contribution in [-0.4, -0.2) is 5.11 Å². The SMILES string of the molecule is CC(C)c1ccc(C(CC(O)c2ccc3ccccc3c2)Nc2ccc(Cl)cc2)cc1. The summed E-state index contributed by atoms with van der Waals surface area (Å²) >= 11 is 6.06. The van der Waals surface area contributed by atoms with Crippen LogP contribution in [0, 0.1) is 0 Å². The lowest BCUT2D eigenvalue weighted by atomic mass is 9.93. The van der Waals surface area contributed by atoms with E-state index in [9.17, 15) is 5.11 Å². The Labute approximate surface area is 189 Å². The van der Waals surface area contributed by atoms with Gasteiger partial charge in [-0.05, 0) is 63.7 Å². The summed E-state index contributed by atoms with van der Waals surface area (Å²) in [6.45, 7) is 4.39. The maximum atomic E-state index is 11.1. The van der Waals surface area contributed by atoms with E-state index in [1.807, 2.05) is 42.5 Å². The first-order chi connectivity index (χ1) is 15.0. The Kier molecular flexibility index (Phi) is 6.60. The van der Waals surface area contributed by atoms with Crippen LogP contribution in [0.3, 0.4) is 0 Å². The third-order valence-corrected chi connectivity index (χ3v) is 6.06. The van der Waals surface area contributed by atoms with Gasteiger partial charge in [0.15, 0.2) is 0 Å². The van der Waals surface area contributed by atoms with Crippen LogP contribution in [-0.2, 0) is 0 Å². The third kappa shape index (κ3) is 5.28.